The first kappa shape index (κ1) is 14.2. The van der Waals surface area contributed by atoms with Gasteiger partial charge >= 0.3 is 0 Å². The molecule has 4 heteroatoms. The summed E-state index contributed by atoms with van der Waals surface area (Å²) < 4.78 is 0. The third-order valence-electron chi connectivity index (χ3n) is 2.83. The van der Waals surface area contributed by atoms with Crippen molar-refractivity contribution in [1.29, 1.82) is 0 Å². The second-order valence-electron chi connectivity index (χ2n) is 4.72. The van der Waals surface area contributed by atoms with E-state index in [9.17, 15) is 0 Å². The van der Waals surface area contributed by atoms with Crippen LogP contribution in [-0.4, -0.2) is 22.6 Å². The molecule has 0 aromatic carbocycles. The first-order valence-electron chi connectivity index (χ1n) is 6.32. The maximum atomic E-state index is 5.92. The van der Waals surface area contributed by atoms with Crippen LogP contribution in [0.4, 0.5) is 5.82 Å². The van der Waals surface area contributed by atoms with Crippen LogP contribution in [0.25, 0.3) is 0 Å². The van der Waals surface area contributed by atoms with Gasteiger partial charge in [0.1, 0.15) is 11.0 Å². The molecule has 1 rings (SSSR count). The van der Waals surface area contributed by atoms with Crippen molar-refractivity contribution in [2.45, 2.75) is 46.6 Å². The molecule has 3 nitrogen and oxygen atoms in total. The van der Waals surface area contributed by atoms with Crippen LogP contribution in [0.15, 0.2) is 12.4 Å². The van der Waals surface area contributed by atoms with E-state index in [1.54, 1.807) is 12.4 Å². The maximum Gasteiger partial charge on any atom is 0.149 e. The third-order valence-corrected chi connectivity index (χ3v) is 3.01. The van der Waals surface area contributed by atoms with Crippen LogP contribution >= 0.6 is 11.6 Å². The van der Waals surface area contributed by atoms with E-state index in [0.717, 1.165) is 25.2 Å². The molecule has 0 saturated heterocycles. The van der Waals surface area contributed by atoms with Gasteiger partial charge in [-0.25, -0.2) is 4.98 Å². The zero-order valence-corrected chi connectivity index (χ0v) is 11.9. The van der Waals surface area contributed by atoms with Crippen LogP contribution in [0.3, 0.4) is 0 Å². The molecule has 0 saturated carbocycles. The summed E-state index contributed by atoms with van der Waals surface area (Å²) in [6.45, 7) is 9.83. The highest BCUT2D eigenvalue weighted by atomic mass is 35.5. The van der Waals surface area contributed by atoms with Gasteiger partial charge in [0.05, 0.1) is 12.4 Å². The van der Waals surface area contributed by atoms with Crippen molar-refractivity contribution >= 4 is 17.4 Å². The maximum absolute atomic E-state index is 5.92. The molecular weight excluding hydrogens is 234 g/mol. The highest BCUT2D eigenvalue weighted by molar-refractivity contribution is 6.29. The Bertz CT molecular complexity index is 337. The molecule has 0 radical (unpaired) electrons. The summed E-state index contributed by atoms with van der Waals surface area (Å²) in [5.74, 6) is 1.48. The normalized spacial score (nSPS) is 11.2. The molecule has 0 atom stereocenters. The van der Waals surface area contributed by atoms with Crippen LogP contribution in [-0.2, 0) is 0 Å². The minimum atomic E-state index is 0.460. The first-order valence-corrected chi connectivity index (χ1v) is 6.70. The Kier molecular flexibility index (Phi) is 5.69. The van der Waals surface area contributed by atoms with E-state index in [2.05, 4.69) is 42.6 Å². The lowest BCUT2D eigenvalue weighted by Gasteiger charge is -2.32. The molecule has 0 spiro atoms. The van der Waals surface area contributed by atoms with E-state index in [1.807, 2.05) is 0 Å². The van der Waals surface area contributed by atoms with Crippen molar-refractivity contribution in [2.24, 2.45) is 5.92 Å². The fraction of sp³-hybridized carbons (Fsp3) is 0.692. The summed E-state index contributed by atoms with van der Waals surface area (Å²) >= 11 is 5.92. The number of halogens is 1. The lowest BCUT2D eigenvalue weighted by atomic mass is 10.1. The second-order valence-corrected chi connectivity index (χ2v) is 5.10. The minimum Gasteiger partial charge on any atom is -0.352 e. The Morgan fingerprint density at radius 3 is 2.35 bits per heavy atom. The highest BCUT2D eigenvalue weighted by Crippen LogP contribution is 2.20. The molecule has 0 unspecified atom stereocenters. The summed E-state index contributed by atoms with van der Waals surface area (Å²) in [5, 5.41) is 0.460. The van der Waals surface area contributed by atoms with Crippen LogP contribution in [0, 0.1) is 5.92 Å². The molecule has 0 bridgehead atoms. The molecule has 0 aliphatic carbocycles. The Labute approximate surface area is 109 Å². The molecule has 17 heavy (non-hydrogen) atoms. The van der Waals surface area contributed by atoms with Gasteiger partial charge in [0.25, 0.3) is 0 Å². The minimum absolute atomic E-state index is 0.460. The van der Waals surface area contributed by atoms with Gasteiger partial charge in [-0.2, -0.15) is 0 Å². The van der Waals surface area contributed by atoms with Crippen molar-refractivity contribution in [3.63, 3.8) is 0 Å². The molecule has 1 aromatic rings. The number of rotatable bonds is 6. The molecular formula is C13H22ClN3. The van der Waals surface area contributed by atoms with Gasteiger partial charge < -0.3 is 4.90 Å². The van der Waals surface area contributed by atoms with E-state index in [0.29, 0.717) is 17.1 Å². The molecule has 0 N–H and O–H groups in total. The van der Waals surface area contributed by atoms with E-state index in [4.69, 9.17) is 11.6 Å². The number of anilines is 1. The van der Waals surface area contributed by atoms with Gasteiger partial charge in [-0.15, -0.1) is 0 Å². The van der Waals surface area contributed by atoms with E-state index in [1.165, 1.54) is 0 Å². The Hall–Kier alpha value is -0.830. The monoisotopic (exact) mass is 255 g/mol. The average Bonchev–Trinajstić information content (AvgIpc) is 2.29. The van der Waals surface area contributed by atoms with Gasteiger partial charge in [-0.1, -0.05) is 39.3 Å². The van der Waals surface area contributed by atoms with Crippen LogP contribution in [0.5, 0.6) is 0 Å². The fourth-order valence-electron chi connectivity index (χ4n) is 2.02. The molecule has 1 heterocycles. The summed E-state index contributed by atoms with van der Waals surface area (Å²) in [5.41, 5.74) is 0. The molecule has 0 fully saturated rings. The van der Waals surface area contributed by atoms with Gasteiger partial charge in [-0.05, 0) is 18.8 Å². The first-order chi connectivity index (χ1) is 8.08. The topological polar surface area (TPSA) is 29.0 Å². The zero-order valence-electron chi connectivity index (χ0n) is 11.2. The number of nitrogens with zero attached hydrogens (tertiary/aromatic N) is 3. The van der Waals surface area contributed by atoms with E-state index < -0.39 is 0 Å². The predicted octanol–water partition coefficient (Wildman–Crippen LogP) is 3.78. The van der Waals surface area contributed by atoms with Crippen molar-refractivity contribution in [3.8, 4) is 0 Å². The van der Waals surface area contributed by atoms with E-state index in [-0.39, 0.29) is 0 Å². The lowest BCUT2D eigenvalue weighted by molar-refractivity contribution is 0.503. The summed E-state index contributed by atoms with van der Waals surface area (Å²) in [4.78, 5) is 10.8. The standard InChI is InChI=1S/C13H22ClN3/c1-5-11(6-2)17(9-10(3)4)13-8-15-7-12(14)16-13/h7-8,10-11H,5-6,9H2,1-4H3. The second kappa shape index (κ2) is 6.80. The third kappa shape index (κ3) is 4.15. The van der Waals surface area contributed by atoms with E-state index >= 15 is 0 Å². The van der Waals surface area contributed by atoms with Gasteiger partial charge in [0, 0.05) is 12.6 Å². The van der Waals surface area contributed by atoms with Crippen molar-refractivity contribution in [2.75, 3.05) is 11.4 Å². The summed E-state index contributed by atoms with van der Waals surface area (Å²) in [6.07, 6.45) is 5.59. The quantitative estimate of drug-likeness (QED) is 0.775. The predicted molar refractivity (Wildman–Crippen MR) is 73.6 cm³/mol. The largest absolute Gasteiger partial charge is 0.352 e. The van der Waals surface area contributed by atoms with Crippen molar-refractivity contribution < 1.29 is 0 Å². The molecule has 0 amide bonds. The van der Waals surface area contributed by atoms with Crippen molar-refractivity contribution in [1.82, 2.24) is 9.97 Å². The van der Waals surface area contributed by atoms with Gasteiger partial charge in [0.15, 0.2) is 0 Å². The Balaban J connectivity index is 2.96. The number of hydrogen-bond donors (Lipinski definition) is 0. The van der Waals surface area contributed by atoms with Crippen LogP contribution < -0.4 is 4.90 Å². The van der Waals surface area contributed by atoms with Crippen LogP contribution in [0.2, 0.25) is 5.15 Å². The van der Waals surface area contributed by atoms with Gasteiger partial charge in [-0.3, -0.25) is 4.98 Å². The summed E-state index contributed by atoms with van der Waals surface area (Å²) in [7, 11) is 0. The Morgan fingerprint density at radius 1 is 1.24 bits per heavy atom. The number of hydrogen-bond acceptors (Lipinski definition) is 3. The average molecular weight is 256 g/mol. The van der Waals surface area contributed by atoms with Crippen LogP contribution in [0.1, 0.15) is 40.5 Å². The number of aromatic nitrogens is 2. The van der Waals surface area contributed by atoms with Gasteiger partial charge in [0.2, 0.25) is 0 Å². The van der Waals surface area contributed by atoms with Crippen molar-refractivity contribution in [3.05, 3.63) is 17.5 Å². The zero-order chi connectivity index (χ0) is 12.8. The molecule has 1 aromatic heterocycles. The Morgan fingerprint density at radius 2 is 1.88 bits per heavy atom. The fourth-order valence-corrected chi connectivity index (χ4v) is 2.17. The SMILES string of the molecule is CCC(CC)N(CC(C)C)c1cncc(Cl)n1. The highest BCUT2D eigenvalue weighted by Gasteiger charge is 2.18. The lowest BCUT2D eigenvalue weighted by Crippen LogP contribution is -2.38. The molecule has 0 aliphatic heterocycles. The molecule has 0 aliphatic rings. The summed E-state index contributed by atoms with van der Waals surface area (Å²) in [6, 6.07) is 0.505. The smallest absolute Gasteiger partial charge is 0.149 e. The molecule has 96 valence electrons.